The van der Waals surface area contributed by atoms with Gasteiger partial charge in [-0.15, -0.1) is 0 Å². The molecule has 3 aliphatic rings. The Hall–Kier alpha value is -3.79. The van der Waals surface area contributed by atoms with Crippen molar-refractivity contribution in [3.05, 3.63) is 41.0 Å². The topological polar surface area (TPSA) is 126 Å². The lowest BCUT2D eigenvalue weighted by molar-refractivity contribution is -0.136. The number of aromatic nitrogens is 3. The molecule has 6 rings (SSSR count). The zero-order valence-electron chi connectivity index (χ0n) is 19.6. The molecule has 2 aromatic heterocycles. The van der Waals surface area contributed by atoms with Gasteiger partial charge in [-0.3, -0.25) is 29.3 Å². The number of carbonyl (C=O) groups excluding carboxylic acids is 3. The summed E-state index contributed by atoms with van der Waals surface area (Å²) in [6.07, 6.45) is 2.99. The molecule has 3 aliphatic heterocycles. The standard InChI is InChI=1S/C25H27N7O3/c1-30-22-16(12-31-8-2-3-9-31)11-18(27-21(22)23(26)29-30)14-4-5-17-15(10-14)13-32(25(17)35)19-6-7-20(33)28-24(19)34/h4-5,10-11,19H,2-3,6-9,12-13H2,1H3,(H2,26,29)(H,28,33,34). The highest BCUT2D eigenvalue weighted by molar-refractivity contribution is 6.05. The smallest absolute Gasteiger partial charge is 0.255 e. The molecule has 35 heavy (non-hydrogen) atoms. The third-order valence-corrected chi connectivity index (χ3v) is 7.31. The van der Waals surface area contributed by atoms with Gasteiger partial charge in [-0.25, -0.2) is 4.98 Å². The molecule has 0 radical (unpaired) electrons. The highest BCUT2D eigenvalue weighted by atomic mass is 16.2. The first-order chi connectivity index (χ1) is 16.9. The van der Waals surface area contributed by atoms with E-state index in [9.17, 15) is 14.4 Å². The second-order valence-electron chi connectivity index (χ2n) is 9.63. The molecule has 0 aliphatic carbocycles. The average molecular weight is 474 g/mol. The molecule has 1 aromatic carbocycles. The molecule has 10 heteroatoms. The van der Waals surface area contributed by atoms with Gasteiger partial charge in [-0.2, -0.15) is 5.10 Å². The molecular weight excluding hydrogens is 446 g/mol. The Morgan fingerprint density at radius 1 is 1.14 bits per heavy atom. The minimum atomic E-state index is -0.632. The third kappa shape index (κ3) is 3.65. The average Bonchev–Trinajstić information content (AvgIpc) is 3.53. The maximum absolute atomic E-state index is 13.1. The lowest BCUT2D eigenvalue weighted by atomic mass is 10.0. The third-order valence-electron chi connectivity index (χ3n) is 7.31. The van der Waals surface area contributed by atoms with Crippen molar-refractivity contribution in [2.24, 2.45) is 7.05 Å². The van der Waals surface area contributed by atoms with Crippen molar-refractivity contribution >= 4 is 34.6 Å². The Kier molecular flexibility index (Phi) is 5.06. The normalized spacial score (nSPS) is 20.7. The van der Waals surface area contributed by atoms with E-state index >= 15 is 0 Å². The first kappa shape index (κ1) is 21.7. The molecule has 3 amide bonds. The molecule has 1 unspecified atom stereocenters. The van der Waals surface area contributed by atoms with E-state index in [1.54, 1.807) is 15.6 Å². The number of nitrogen functional groups attached to an aromatic ring is 1. The molecule has 180 valence electrons. The fraction of sp³-hybridized carbons (Fsp3) is 0.400. The van der Waals surface area contributed by atoms with Gasteiger partial charge >= 0.3 is 0 Å². The maximum Gasteiger partial charge on any atom is 0.255 e. The van der Waals surface area contributed by atoms with Crippen LogP contribution >= 0.6 is 0 Å². The van der Waals surface area contributed by atoms with Gasteiger partial charge in [0, 0.05) is 37.7 Å². The van der Waals surface area contributed by atoms with E-state index in [1.165, 1.54) is 12.8 Å². The van der Waals surface area contributed by atoms with E-state index in [1.807, 2.05) is 19.2 Å². The Bertz CT molecular complexity index is 1390. The summed E-state index contributed by atoms with van der Waals surface area (Å²) in [5.74, 6) is -0.491. The molecule has 5 heterocycles. The lowest BCUT2D eigenvalue weighted by Crippen LogP contribution is -2.52. The number of nitrogens with two attached hydrogens (primary N) is 1. The van der Waals surface area contributed by atoms with E-state index in [2.05, 4.69) is 21.4 Å². The molecule has 3 N–H and O–H groups in total. The number of nitrogens with zero attached hydrogens (tertiary/aromatic N) is 5. The minimum Gasteiger partial charge on any atom is -0.380 e. The first-order valence-electron chi connectivity index (χ1n) is 12.0. The van der Waals surface area contributed by atoms with Crippen molar-refractivity contribution in [1.29, 1.82) is 0 Å². The summed E-state index contributed by atoms with van der Waals surface area (Å²) in [4.78, 5) is 45.8. The second kappa shape index (κ2) is 8.16. The van der Waals surface area contributed by atoms with Crippen LogP contribution in [0.3, 0.4) is 0 Å². The van der Waals surface area contributed by atoms with E-state index in [0.29, 0.717) is 29.9 Å². The van der Waals surface area contributed by atoms with Crippen molar-refractivity contribution in [2.75, 3.05) is 18.8 Å². The van der Waals surface area contributed by atoms with Crippen LogP contribution in [0.2, 0.25) is 0 Å². The second-order valence-corrected chi connectivity index (χ2v) is 9.63. The maximum atomic E-state index is 13.1. The molecule has 0 spiro atoms. The van der Waals surface area contributed by atoms with Crippen LogP contribution in [0.1, 0.15) is 47.2 Å². The molecule has 3 aromatic rings. The zero-order valence-corrected chi connectivity index (χ0v) is 19.6. The zero-order chi connectivity index (χ0) is 24.3. The Morgan fingerprint density at radius 2 is 1.94 bits per heavy atom. The van der Waals surface area contributed by atoms with Crippen LogP contribution < -0.4 is 11.1 Å². The number of hydrogen-bond donors (Lipinski definition) is 2. The molecule has 10 nitrogen and oxygen atoms in total. The Labute approximate surface area is 202 Å². The van der Waals surface area contributed by atoms with Gasteiger partial charge in [0.05, 0.1) is 11.2 Å². The van der Waals surface area contributed by atoms with E-state index in [4.69, 9.17) is 10.7 Å². The van der Waals surface area contributed by atoms with E-state index < -0.39 is 11.9 Å². The van der Waals surface area contributed by atoms with Gasteiger partial charge in [-0.1, -0.05) is 6.07 Å². The van der Waals surface area contributed by atoms with E-state index in [0.717, 1.165) is 47.5 Å². The molecule has 2 fully saturated rings. The molecule has 0 saturated carbocycles. The predicted molar refractivity (Wildman–Crippen MR) is 129 cm³/mol. The number of anilines is 1. The van der Waals surface area contributed by atoms with Crippen LogP contribution in [0, 0.1) is 0 Å². The quantitative estimate of drug-likeness (QED) is 0.551. The molecule has 0 bridgehead atoms. The van der Waals surface area contributed by atoms with Crippen molar-refractivity contribution in [2.45, 2.75) is 44.8 Å². The van der Waals surface area contributed by atoms with Crippen LogP contribution in [0.5, 0.6) is 0 Å². The summed E-state index contributed by atoms with van der Waals surface area (Å²) >= 11 is 0. The Morgan fingerprint density at radius 3 is 2.71 bits per heavy atom. The van der Waals surface area contributed by atoms with Crippen LogP contribution in [-0.4, -0.2) is 61.4 Å². The first-order valence-corrected chi connectivity index (χ1v) is 12.0. The summed E-state index contributed by atoms with van der Waals surface area (Å²) in [7, 11) is 1.89. The van der Waals surface area contributed by atoms with Crippen molar-refractivity contribution in [3.63, 3.8) is 0 Å². The van der Waals surface area contributed by atoms with Crippen LogP contribution in [0.4, 0.5) is 5.82 Å². The summed E-state index contributed by atoms with van der Waals surface area (Å²) < 4.78 is 1.80. The largest absolute Gasteiger partial charge is 0.380 e. The number of amides is 3. The molecule has 2 saturated heterocycles. The molecule has 1 atom stereocenters. The lowest BCUT2D eigenvalue weighted by Gasteiger charge is -2.29. The number of piperidine rings is 1. The highest BCUT2D eigenvalue weighted by Crippen LogP contribution is 2.33. The summed E-state index contributed by atoms with van der Waals surface area (Å²) in [5, 5.41) is 6.75. The van der Waals surface area contributed by atoms with Crippen molar-refractivity contribution < 1.29 is 14.4 Å². The van der Waals surface area contributed by atoms with Crippen LogP contribution in [0.15, 0.2) is 24.3 Å². The van der Waals surface area contributed by atoms with Gasteiger partial charge in [0.2, 0.25) is 11.8 Å². The number of rotatable bonds is 4. The number of pyridine rings is 1. The summed E-state index contributed by atoms with van der Waals surface area (Å²) in [5.41, 5.74) is 12.1. The highest BCUT2D eigenvalue weighted by Gasteiger charge is 2.39. The predicted octanol–water partition coefficient (Wildman–Crippen LogP) is 1.57. The SMILES string of the molecule is Cn1nc(N)c2nc(-c3ccc4c(c3)CN(C3CCC(=O)NC3=O)C4=O)cc(CN3CCCC3)c21. The number of fused-ring (bicyclic) bond motifs is 2. The monoisotopic (exact) mass is 473 g/mol. The number of carbonyl (C=O) groups is 3. The van der Waals surface area contributed by atoms with Crippen molar-refractivity contribution in [3.8, 4) is 11.3 Å². The number of aryl methyl sites for hydroxylation is 1. The van der Waals surface area contributed by atoms with Gasteiger partial charge in [-0.05, 0) is 61.7 Å². The summed E-state index contributed by atoms with van der Waals surface area (Å²) in [6.45, 7) is 3.27. The van der Waals surface area contributed by atoms with Crippen molar-refractivity contribution in [1.82, 2.24) is 29.9 Å². The number of imide groups is 1. The van der Waals surface area contributed by atoms with E-state index in [-0.39, 0.29) is 18.2 Å². The minimum absolute atomic E-state index is 0.185. The summed E-state index contributed by atoms with van der Waals surface area (Å²) in [6, 6.07) is 7.13. The number of likely N-dealkylation sites (tertiary alicyclic amines) is 1. The Balaban J connectivity index is 1.36. The number of hydrogen-bond acceptors (Lipinski definition) is 7. The van der Waals surface area contributed by atoms with Crippen LogP contribution in [0.25, 0.3) is 22.3 Å². The fourth-order valence-corrected chi connectivity index (χ4v) is 5.57. The number of benzene rings is 1. The molecular formula is C25H27N7O3. The fourth-order valence-electron chi connectivity index (χ4n) is 5.57. The van der Waals surface area contributed by atoms with Gasteiger partial charge in [0.25, 0.3) is 5.91 Å². The van der Waals surface area contributed by atoms with Crippen LogP contribution in [-0.2, 0) is 29.7 Å². The van der Waals surface area contributed by atoms with Gasteiger partial charge in [0.1, 0.15) is 11.6 Å². The number of nitrogens with one attached hydrogen (secondary N) is 1. The van der Waals surface area contributed by atoms with Gasteiger partial charge in [0.15, 0.2) is 5.82 Å². The van der Waals surface area contributed by atoms with Gasteiger partial charge < -0.3 is 10.6 Å².